The molecular weight excluding hydrogens is 380 g/mol. The van der Waals surface area contributed by atoms with E-state index in [0.717, 1.165) is 11.1 Å². The van der Waals surface area contributed by atoms with Gasteiger partial charge in [-0.2, -0.15) is 0 Å². The maximum atomic E-state index is 12.5. The summed E-state index contributed by atoms with van der Waals surface area (Å²) in [4.78, 5) is 15.3. The topological polar surface area (TPSA) is 66.5 Å². The molecule has 2 aromatic carbocycles. The van der Waals surface area contributed by atoms with Gasteiger partial charge in [0, 0.05) is 31.5 Å². The highest BCUT2D eigenvalue weighted by atomic mass is 32.2. The molecule has 0 spiro atoms. The summed E-state index contributed by atoms with van der Waals surface area (Å²) in [5.74, 6) is -0.104. The van der Waals surface area contributed by atoms with E-state index in [4.69, 9.17) is 0 Å². The zero-order chi connectivity index (χ0) is 20.0. The van der Waals surface area contributed by atoms with Crippen molar-refractivity contribution < 1.29 is 13.2 Å². The van der Waals surface area contributed by atoms with Crippen LogP contribution in [0, 0.1) is 13.8 Å². The molecule has 0 atom stereocenters. The highest BCUT2D eigenvalue weighted by Crippen LogP contribution is 2.17. The third-order valence-electron chi connectivity index (χ3n) is 4.27. The fraction of sp³-hybridized carbons (Fsp3) is 0.350. The molecule has 7 heteroatoms. The lowest BCUT2D eigenvalue weighted by Crippen LogP contribution is -2.32. The minimum atomic E-state index is -3.62. The molecule has 27 heavy (non-hydrogen) atoms. The van der Waals surface area contributed by atoms with Crippen LogP contribution in [0.15, 0.2) is 52.3 Å². The predicted octanol–water partition coefficient (Wildman–Crippen LogP) is 3.35. The van der Waals surface area contributed by atoms with Crippen molar-refractivity contribution in [2.75, 3.05) is 19.8 Å². The number of nitrogens with zero attached hydrogens (tertiary/aromatic N) is 1. The van der Waals surface area contributed by atoms with E-state index in [1.807, 2.05) is 43.5 Å². The first kappa shape index (κ1) is 21.5. The molecule has 0 fully saturated rings. The smallest absolute Gasteiger partial charge is 0.240 e. The average Bonchev–Trinajstić information content (AvgIpc) is 2.64. The molecule has 0 aromatic heterocycles. The van der Waals surface area contributed by atoms with E-state index in [0.29, 0.717) is 12.1 Å². The van der Waals surface area contributed by atoms with Gasteiger partial charge < -0.3 is 4.90 Å². The molecule has 0 aliphatic rings. The predicted molar refractivity (Wildman–Crippen MR) is 110 cm³/mol. The van der Waals surface area contributed by atoms with Crippen molar-refractivity contribution in [2.45, 2.75) is 36.6 Å². The third kappa shape index (κ3) is 6.09. The Bertz CT molecular complexity index is 894. The quantitative estimate of drug-likeness (QED) is 0.683. The Kier molecular flexibility index (Phi) is 7.47. The summed E-state index contributed by atoms with van der Waals surface area (Å²) in [6.45, 7) is 4.18. The Hall–Kier alpha value is -1.83. The van der Waals surface area contributed by atoms with Crippen LogP contribution in [0.2, 0.25) is 0 Å². The molecule has 0 heterocycles. The number of carbonyl (C=O) groups is 1. The fourth-order valence-corrected chi connectivity index (χ4v) is 4.42. The van der Waals surface area contributed by atoms with Gasteiger partial charge in [-0.15, -0.1) is 11.8 Å². The van der Waals surface area contributed by atoms with Gasteiger partial charge in [0.2, 0.25) is 15.9 Å². The summed E-state index contributed by atoms with van der Waals surface area (Å²) in [6.07, 6.45) is 2.13. The number of hydrogen-bond acceptors (Lipinski definition) is 4. The summed E-state index contributed by atoms with van der Waals surface area (Å²) >= 11 is 1.67. The lowest BCUT2D eigenvalue weighted by Gasteiger charge is -2.18. The first-order valence-electron chi connectivity index (χ1n) is 8.67. The number of carbonyl (C=O) groups excluding carboxylic acids is 1. The summed E-state index contributed by atoms with van der Waals surface area (Å²) in [6, 6.07) is 13.3. The second kappa shape index (κ2) is 9.39. The number of rotatable bonds is 8. The monoisotopic (exact) mass is 406 g/mol. The van der Waals surface area contributed by atoms with Gasteiger partial charge in [0.1, 0.15) is 0 Å². The van der Waals surface area contributed by atoms with Gasteiger partial charge in [-0.3, -0.25) is 4.79 Å². The van der Waals surface area contributed by atoms with Gasteiger partial charge in [-0.1, -0.05) is 24.3 Å². The van der Waals surface area contributed by atoms with E-state index >= 15 is 0 Å². The Morgan fingerprint density at radius 1 is 1.11 bits per heavy atom. The van der Waals surface area contributed by atoms with E-state index in [2.05, 4.69) is 4.72 Å². The number of thioether (sulfide) groups is 1. The molecule has 1 N–H and O–H groups in total. The largest absolute Gasteiger partial charge is 0.341 e. The van der Waals surface area contributed by atoms with Crippen LogP contribution >= 0.6 is 11.8 Å². The van der Waals surface area contributed by atoms with Crippen LogP contribution in [0.4, 0.5) is 0 Å². The summed E-state index contributed by atoms with van der Waals surface area (Å²) in [5, 5.41) is 0. The van der Waals surface area contributed by atoms with Crippen LogP contribution in [0.5, 0.6) is 0 Å². The molecule has 0 aliphatic heterocycles. The Morgan fingerprint density at radius 2 is 1.78 bits per heavy atom. The molecule has 0 radical (unpaired) electrons. The Morgan fingerprint density at radius 3 is 2.41 bits per heavy atom. The van der Waals surface area contributed by atoms with E-state index < -0.39 is 10.0 Å². The average molecular weight is 407 g/mol. The summed E-state index contributed by atoms with van der Waals surface area (Å²) in [5.41, 5.74) is 2.61. The van der Waals surface area contributed by atoms with Crippen LogP contribution in [0.1, 0.15) is 23.1 Å². The van der Waals surface area contributed by atoms with Crippen LogP contribution < -0.4 is 4.72 Å². The molecule has 1 amide bonds. The van der Waals surface area contributed by atoms with E-state index in [9.17, 15) is 13.2 Å². The highest BCUT2D eigenvalue weighted by Gasteiger charge is 2.18. The van der Waals surface area contributed by atoms with Gasteiger partial charge >= 0.3 is 0 Å². The number of aryl methyl sites for hydroxylation is 2. The van der Waals surface area contributed by atoms with Gasteiger partial charge in [0.25, 0.3) is 0 Å². The maximum Gasteiger partial charge on any atom is 0.240 e. The van der Waals surface area contributed by atoms with Crippen molar-refractivity contribution in [1.29, 1.82) is 0 Å². The van der Waals surface area contributed by atoms with Crippen molar-refractivity contribution in [1.82, 2.24) is 9.62 Å². The van der Waals surface area contributed by atoms with E-state index in [1.54, 1.807) is 42.8 Å². The molecular formula is C20H26N2O3S2. The first-order valence-corrected chi connectivity index (χ1v) is 11.4. The molecule has 0 aliphatic carbocycles. The number of nitrogens with one attached hydrogen (secondary N) is 1. The number of hydrogen-bond donors (Lipinski definition) is 1. The fourth-order valence-electron chi connectivity index (χ4n) is 2.65. The van der Waals surface area contributed by atoms with Crippen LogP contribution in [-0.2, 0) is 21.4 Å². The van der Waals surface area contributed by atoms with Crippen LogP contribution in [-0.4, -0.2) is 39.1 Å². The minimum absolute atomic E-state index is 0.0737. The zero-order valence-electron chi connectivity index (χ0n) is 16.2. The number of benzene rings is 2. The van der Waals surface area contributed by atoms with Crippen molar-refractivity contribution in [3.05, 3.63) is 59.2 Å². The maximum absolute atomic E-state index is 12.5. The van der Waals surface area contributed by atoms with Crippen molar-refractivity contribution in [3.8, 4) is 0 Å². The molecule has 2 rings (SSSR count). The van der Waals surface area contributed by atoms with Gasteiger partial charge in [-0.25, -0.2) is 13.1 Å². The molecule has 0 saturated heterocycles. The molecule has 0 unspecified atom stereocenters. The van der Waals surface area contributed by atoms with Crippen LogP contribution in [0.3, 0.4) is 0 Å². The molecule has 2 aromatic rings. The normalized spacial score (nSPS) is 11.4. The standard InChI is InChI=1S/C20H26N2O3S2/c1-15-5-6-16(2)19(13-15)27(24,25)21-12-11-20(23)22(3)14-17-7-9-18(26-4)10-8-17/h5-10,13,21H,11-12,14H2,1-4H3. The number of sulfonamides is 1. The SMILES string of the molecule is CSc1ccc(CN(C)C(=O)CCNS(=O)(=O)c2cc(C)ccc2C)cc1. The Balaban J connectivity index is 1.89. The highest BCUT2D eigenvalue weighted by molar-refractivity contribution is 7.98. The molecule has 5 nitrogen and oxygen atoms in total. The lowest BCUT2D eigenvalue weighted by atomic mass is 10.2. The summed E-state index contributed by atoms with van der Waals surface area (Å²) in [7, 11) is -1.90. The molecule has 146 valence electrons. The van der Waals surface area contributed by atoms with Crippen molar-refractivity contribution in [2.24, 2.45) is 0 Å². The Labute approximate surface area is 166 Å². The van der Waals surface area contributed by atoms with E-state index in [1.165, 1.54) is 4.90 Å². The van der Waals surface area contributed by atoms with Gasteiger partial charge in [0.05, 0.1) is 4.90 Å². The number of amides is 1. The van der Waals surface area contributed by atoms with Crippen LogP contribution in [0.25, 0.3) is 0 Å². The minimum Gasteiger partial charge on any atom is -0.341 e. The zero-order valence-corrected chi connectivity index (χ0v) is 17.8. The van der Waals surface area contributed by atoms with Crippen molar-refractivity contribution in [3.63, 3.8) is 0 Å². The second-order valence-electron chi connectivity index (χ2n) is 6.51. The molecule has 0 saturated carbocycles. The third-order valence-corrected chi connectivity index (χ3v) is 6.62. The second-order valence-corrected chi connectivity index (χ2v) is 9.13. The van der Waals surface area contributed by atoms with Gasteiger partial charge in [-0.05, 0) is 55.0 Å². The lowest BCUT2D eigenvalue weighted by molar-refractivity contribution is -0.130. The van der Waals surface area contributed by atoms with Crippen molar-refractivity contribution >= 4 is 27.7 Å². The van der Waals surface area contributed by atoms with Gasteiger partial charge in [0.15, 0.2) is 0 Å². The first-order chi connectivity index (χ1) is 12.7. The molecule has 0 bridgehead atoms. The summed E-state index contributed by atoms with van der Waals surface area (Å²) < 4.78 is 27.5. The van der Waals surface area contributed by atoms with E-state index in [-0.39, 0.29) is 23.8 Å².